The lowest BCUT2D eigenvalue weighted by Crippen LogP contribution is -2.32. The first-order valence-corrected chi connectivity index (χ1v) is 7.11. The van der Waals surface area contributed by atoms with Crippen LogP contribution >= 0.6 is 11.6 Å². The van der Waals surface area contributed by atoms with Crippen molar-refractivity contribution >= 4 is 17.4 Å². The molecule has 0 N–H and O–H groups in total. The van der Waals surface area contributed by atoms with E-state index in [0.717, 1.165) is 25.2 Å². The zero-order chi connectivity index (χ0) is 13.8. The van der Waals surface area contributed by atoms with Gasteiger partial charge in [-0.15, -0.1) is 0 Å². The molecule has 4 heteroatoms. The third-order valence-corrected chi connectivity index (χ3v) is 4.05. The molecule has 19 heavy (non-hydrogen) atoms. The van der Waals surface area contributed by atoms with Gasteiger partial charge in [-0.3, -0.25) is 4.79 Å². The van der Waals surface area contributed by atoms with Crippen molar-refractivity contribution in [2.45, 2.75) is 18.9 Å². The molecule has 1 atom stereocenters. The van der Waals surface area contributed by atoms with Gasteiger partial charge in [0.1, 0.15) is 0 Å². The quantitative estimate of drug-likeness (QED) is 0.775. The van der Waals surface area contributed by atoms with Crippen LogP contribution in [0.3, 0.4) is 0 Å². The summed E-state index contributed by atoms with van der Waals surface area (Å²) in [6, 6.07) is 7.78. The summed E-state index contributed by atoms with van der Waals surface area (Å²) < 4.78 is 0. The van der Waals surface area contributed by atoms with E-state index in [9.17, 15) is 4.79 Å². The number of Topliss-reactive ketones (excluding diaryl/α,β-unsaturated/α-hetero) is 1. The van der Waals surface area contributed by atoms with Crippen molar-refractivity contribution in [3.05, 3.63) is 34.9 Å². The van der Waals surface area contributed by atoms with Gasteiger partial charge in [-0.1, -0.05) is 11.6 Å². The van der Waals surface area contributed by atoms with E-state index in [1.165, 1.54) is 6.42 Å². The van der Waals surface area contributed by atoms with E-state index in [0.29, 0.717) is 17.5 Å². The van der Waals surface area contributed by atoms with Gasteiger partial charge in [-0.2, -0.15) is 0 Å². The van der Waals surface area contributed by atoms with Gasteiger partial charge in [0.15, 0.2) is 5.78 Å². The van der Waals surface area contributed by atoms with Gasteiger partial charge in [0.2, 0.25) is 0 Å². The number of benzene rings is 1. The van der Waals surface area contributed by atoms with Gasteiger partial charge in [-0.25, -0.2) is 0 Å². The number of hydrogen-bond acceptors (Lipinski definition) is 3. The molecule has 0 aliphatic carbocycles. The Morgan fingerprint density at radius 1 is 1.37 bits per heavy atom. The van der Waals surface area contributed by atoms with Crippen LogP contribution in [-0.4, -0.2) is 55.4 Å². The molecule has 0 amide bonds. The molecule has 0 bridgehead atoms. The van der Waals surface area contributed by atoms with Crippen LogP contribution in [-0.2, 0) is 0 Å². The van der Waals surface area contributed by atoms with Crippen LogP contribution in [0.2, 0.25) is 5.02 Å². The molecule has 1 aromatic carbocycles. The first-order chi connectivity index (χ1) is 9.06. The second kappa shape index (κ2) is 6.51. The monoisotopic (exact) mass is 280 g/mol. The van der Waals surface area contributed by atoms with Crippen LogP contribution in [0.25, 0.3) is 0 Å². The predicted octanol–water partition coefficient (Wildman–Crippen LogP) is 2.55. The lowest BCUT2D eigenvalue weighted by molar-refractivity contribution is 0.0967. The van der Waals surface area contributed by atoms with Gasteiger partial charge < -0.3 is 9.80 Å². The van der Waals surface area contributed by atoms with Crippen LogP contribution in [0, 0.1) is 0 Å². The molecule has 1 aliphatic rings. The molecular formula is C15H21ClN2O. The summed E-state index contributed by atoms with van der Waals surface area (Å²) in [6.45, 7) is 3.02. The highest BCUT2D eigenvalue weighted by atomic mass is 35.5. The summed E-state index contributed by atoms with van der Waals surface area (Å²) in [7, 11) is 4.24. The minimum Gasteiger partial charge on any atom is -0.305 e. The number of rotatable bonds is 5. The second-order valence-corrected chi connectivity index (χ2v) is 5.82. The number of likely N-dealkylation sites (N-methyl/N-ethyl adjacent to an activating group) is 1. The molecule has 0 saturated carbocycles. The van der Waals surface area contributed by atoms with Crippen molar-refractivity contribution in [3.8, 4) is 0 Å². The van der Waals surface area contributed by atoms with E-state index in [1.807, 2.05) is 0 Å². The lowest BCUT2D eigenvalue weighted by atomic mass is 10.1. The fraction of sp³-hybridized carbons (Fsp3) is 0.533. The highest BCUT2D eigenvalue weighted by Gasteiger charge is 2.23. The highest BCUT2D eigenvalue weighted by molar-refractivity contribution is 6.30. The van der Waals surface area contributed by atoms with Crippen LogP contribution in [0.1, 0.15) is 23.2 Å². The molecular weight excluding hydrogens is 260 g/mol. The molecule has 1 unspecified atom stereocenters. The van der Waals surface area contributed by atoms with Crippen molar-refractivity contribution in [1.82, 2.24) is 9.80 Å². The van der Waals surface area contributed by atoms with Crippen LogP contribution in [0.4, 0.5) is 0 Å². The summed E-state index contributed by atoms with van der Waals surface area (Å²) in [5.74, 6) is 0.199. The number of nitrogens with zero attached hydrogens (tertiary/aromatic N) is 2. The molecule has 1 aromatic rings. The molecule has 1 heterocycles. The molecule has 1 fully saturated rings. The van der Waals surface area contributed by atoms with Crippen LogP contribution in [0.15, 0.2) is 24.3 Å². The minimum atomic E-state index is 0.199. The van der Waals surface area contributed by atoms with Crippen molar-refractivity contribution in [3.63, 3.8) is 0 Å². The maximum absolute atomic E-state index is 12.0. The topological polar surface area (TPSA) is 23.6 Å². The third-order valence-electron chi connectivity index (χ3n) is 3.80. The average molecular weight is 281 g/mol. The lowest BCUT2D eigenvalue weighted by Gasteiger charge is -2.20. The first kappa shape index (κ1) is 14.5. The van der Waals surface area contributed by atoms with Gasteiger partial charge in [0.05, 0.1) is 0 Å². The predicted molar refractivity (Wildman–Crippen MR) is 78.9 cm³/mol. The van der Waals surface area contributed by atoms with E-state index >= 15 is 0 Å². The summed E-state index contributed by atoms with van der Waals surface area (Å²) in [5.41, 5.74) is 0.757. The Labute approximate surface area is 120 Å². The van der Waals surface area contributed by atoms with E-state index in [1.54, 1.807) is 24.3 Å². The smallest absolute Gasteiger partial charge is 0.164 e. The SMILES string of the molecule is CN(C)C1CCN(CCC(=O)c2ccc(Cl)cc2)C1. The van der Waals surface area contributed by atoms with Crippen molar-refractivity contribution in [2.24, 2.45) is 0 Å². The highest BCUT2D eigenvalue weighted by Crippen LogP contribution is 2.15. The van der Waals surface area contributed by atoms with Crippen molar-refractivity contribution in [1.29, 1.82) is 0 Å². The summed E-state index contributed by atoms with van der Waals surface area (Å²) in [6.07, 6.45) is 1.78. The van der Waals surface area contributed by atoms with Crippen LogP contribution in [0.5, 0.6) is 0 Å². The molecule has 1 saturated heterocycles. The fourth-order valence-corrected chi connectivity index (χ4v) is 2.60. The fourth-order valence-electron chi connectivity index (χ4n) is 2.48. The third kappa shape index (κ3) is 4.03. The number of carbonyl (C=O) groups is 1. The Hall–Kier alpha value is -0.900. The van der Waals surface area contributed by atoms with Gasteiger partial charge >= 0.3 is 0 Å². The maximum Gasteiger partial charge on any atom is 0.164 e. The van der Waals surface area contributed by atoms with Gasteiger partial charge in [0, 0.05) is 36.1 Å². The molecule has 0 radical (unpaired) electrons. The number of likely N-dealkylation sites (tertiary alicyclic amines) is 1. The largest absolute Gasteiger partial charge is 0.305 e. The maximum atomic E-state index is 12.0. The standard InChI is InChI=1S/C15H21ClN2O/c1-17(2)14-7-9-18(11-14)10-8-15(19)12-3-5-13(16)6-4-12/h3-6,14H,7-11H2,1-2H3. The van der Waals surface area contributed by atoms with E-state index in [-0.39, 0.29) is 5.78 Å². The van der Waals surface area contributed by atoms with E-state index < -0.39 is 0 Å². The van der Waals surface area contributed by atoms with Gasteiger partial charge in [0.25, 0.3) is 0 Å². The van der Waals surface area contributed by atoms with E-state index in [2.05, 4.69) is 23.9 Å². The van der Waals surface area contributed by atoms with Gasteiger partial charge in [-0.05, 0) is 51.3 Å². The molecule has 2 rings (SSSR count). The molecule has 0 spiro atoms. The zero-order valence-corrected chi connectivity index (χ0v) is 12.4. The Kier molecular flexibility index (Phi) is 4.97. The molecule has 104 valence electrons. The van der Waals surface area contributed by atoms with Crippen molar-refractivity contribution in [2.75, 3.05) is 33.7 Å². The first-order valence-electron chi connectivity index (χ1n) is 6.74. The number of halogens is 1. The molecule has 3 nitrogen and oxygen atoms in total. The second-order valence-electron chi connectivity index (χ2n) is 5.39. The Morgan fingerprint density at radius 2 is 2.05 bits per heavy atom. The Morgan fingerprint density at radius 3 is 2.63 bits per heavy atom. The Balaban J connectivity index is 1.80. The Bertz CT molecular complexity index is 430. The van der Waals surface area contributed by atoms with E-state index in [4.69, 9.17) is 11.6 Å². The number of carbonyl (C=O) groups excluding carboxylic acids is 1. The molecule has 0 aromatic heterocycles. The average Bonchev–Trinajstić information content (AvgIpc) is 2.86. The molecule has 1 aliphatic heterocycles. The van der Waals surface area contributed by atoms with Crippen molar-refractivity contribution < 1.29 is 4.79 Å². The summed E-state index contributed by atoms with van der Waals surface area (Å²) in [5, 5.41) is 0.671. The number of ketones is 1. The number of hydrogen-bond donors (Lipinski definition) is 0. The summed E-state index contributed by atoms with van der Waals surface area (Å²) >= 11 is 5.82. The van der Waals surface area contributed by atoms with Crippen LogP contribution < -0.4 is 0 Å². The summed E-state index contributed by atoms with van der Waals surface area (Å²) in [4.78, 5) is 16.7. The minimum absolute atomic E-state index is 0.199. The normalized spacial score (nSPS) is 20.1. The zero-order valence-electron chi connectivity index (χ0n) is 11.6.